The van der Waals surface area contributed by atoms with Crippen LogP contribution in [0.4, 0.5) is 5.95 Å². The number of thiophene rings is 1. The normalized spacial score (nSPS) is 10.7. The Kier molecular flexibility index (Phi) is 5.73. The number of nitrogens with zero attached hydrogens (tertiary/aromatic N) is 2. The van der Waals surface area contributed by atoms with E-state index < -0.39 is 0 Å². The fraction of sp³-hybridized carbons (Fsp3) is 0.500. The predicted octanol–water partition coefficient (Wildman–Crippen LogP) is 2.81. The second-order valence-corrected chi connectivity index (χ2v) is 5.73. The van der Waals surface area contributed by atoms with Crippen molar-refractivity contribution in [2.45, 2.75) is 39.0 Å². The van der Waals surface area contributed by atoms with Gasteiger partial charge in [-0.1, -0.05) is 32.3 Å². The summed E-state index contributed by atoms with van der Waals surface area (Å²) < 4.78 is 0. The molecular formula is C14H20N4OS. The minimum Gasteiger partial charge on any atom is -0.354 e. The van der Waals surface area contributed by atoms with Crippen molar-refractivity contribution in [2.24, 2.45) is 0 Å². The van der Waals surface area contributed by atoms with Gasteiger partial charge >= 0.3 is 0 Å². The lowest BCUT2D eigenvalue weighted by atomic mass is 10.2. The van der Waals surface area contributed by atoms with E-state index in [9.17, 15) is 4.79 Å². The summed E-state index contributed by atoms with van der Waals surface area (Å²) in [6.45, 7) is 3.00. The van der Waals surface area contributed by atoms with Crippen molar-refractivity contribution in [3.63, 3.8) is 0 Å². The van der Waals surface area contributed by atoms with E-state index in [1.54, 1.807) is 11.3 Å². The highest BCUT2D eigenvalue weighted by molar-refractivity contribution is 7.09. The van der Waals surface area contributed by atoms with Gasteiger partial charge in [-0.25, -0.2) is 0 Å². The van der Waals surface area contributed by atoms with Crippen LogP contribution < -0.4 is 10.9 Å². The van der Waals surface area contributed by atoms with E-state index in [4.69, 9.17) is 0 Å². The lowest BCUT2D eigenvalue weighted by Crippen LogP contribution is -2.20. The monoisotopic (exact) mass is 292 g/mol. The minimum atomic E-state index is -0.163. The van der Waals surface area contributed by atoms with Crippen LogP contribution in [0.25, 0.3) is 0 Å². The van der Waals surface area contributed by atoms with Crippen LogP contribution in [-0.4, -0.2) is 21.7 Å². The average Bonchev–Trinajstić information content (AvgIpc) is 2.94. The van der Waals surface area contributed by atoms with Crippen LogP contribution >= 0.6 is 11.3 Å². The van der Waals surface area contributed by atoms with E-state index in [0.29, 0.717) is 18.1 Å². The van der Waals surface area contributed by atoms with Crippen molar-refractivity contribution in [1.82, 2.24) is 15.2 Å². The molecule has 0 atom stereocenters. The van der Waals surface area contributed by atoms with Crippen molar-refractivity contribution in [1.29, 1.82) is 0 Å². The van der Waals surface area contributed by atoms with Crippen LogP contribution in [0, 0.1) is 0 Å². The first kappa shape index (κ1) is 14.7. The Morgan fingerprint density at radius 2 is 2.20 bits per heavy atom. The number of nitrogens with one attached hydrogen (secondary N) is 2. The van der Waals surface area contributed by atoms with Crippen molar-refractivity contribution in [3.05, 3.63) is 38.4 Å². The molecular weight excluding hydrogens is 272 g/mol. The summed E-state index contributed by atoms with van der Waals surface area (Å²) in [4.78, 5) is 15.8. The van der Waals surface area contributed by atoms with E-state index in [2.05, 4.69) is 27.4 Å². The third-order valence-corrected chi connectivity index (χ3v) is 3.89. The number of rotatable bonds is 8. The maximum atomic E-state index is 11.9. The standard InChI is InChI=1S/C14H20N4OS/c1-2-3-4-5-8-15-14-16-13(19)12(17-18-14)10-11-7-6-9-20-11/h6-7,9H,2-5,8,10H2,1H3,(H2,15,16,18,19). The van der Waals surface area contributed by atoms with Crippen LogP contribution in [0.2, 0.25) is 0 Å². The zero-order chi connectivity index (χ0) is 14.2. The SMILES string of the molecule is CCCCCCNc1nnc(Cc2cccs2)c(=O)[nH]1. The maximum absolute atomic E-state index is 11.9. The van der Waals surface area contributed by atoms with Gasteiger partial charge in [-0.2, -0.15) is 0 Å². The molecule has 2 aromatic rings. The van der Waals surface area contributed by atoms with E-state index in [1.807, 2.05) is 17.5 Å². The third kappa shape index (κ3) is 4.45. The number of H-pyrrole nitrogens is 1. The van der Waals surface area contributed by atoms with Crippen molar-refractivity contribution in [3.8, 4) is 0 Å². The number of hydrogen-bond donors (Lipinski definition) is 2. The Bertz CT molecular complexity index is 565. The minimum absolute atomic E-state index is 0.163. The lowest BCUT2D eigenvalue weighted by molar-refractivity contribution is 0.681. The molecule has 2 N–H and O–H groups in total. The molecule has 108 valence electrons. The first-order chi connectivity index (χ1) is 9.79. The van der Waals surface area contributed by atoms with Crippen LogP contribution in [0.5, 0.6) is 0 Å². The fourth-order valence-corrected chi connectivity index (χ4v) is 2.60. The smallest absolute Gasteiger partial charge is 0.274 e. The van der Waals surface area contributed by atoms with Gasteiger partial charge in [0.25, 0.3) is 5.56 Å². The Balaban J connectivity index is 1.87. The van der Waals surface area contributed by atoms with Crippen LogP contribution in [0.1, 0.15) is 43.2 Å². The van der Waals surface area contributed by atoms with Gasteiger partial charge in [0.05, 0.1) is 0 Å². The van der Waals surface area contributed by atoms with E-state index >= 15 is 0 Å². The molecule has 0 aliphatic rings. The number of aromatic amines is 1. The Hall–Kier alpha value is -1.69. The molecule has 0 fully saturated rings. The zero-order valence-electron chi connectivity index (χ0n) is 11.7. The van der Waals surface area contributed by atoms with Gasteiger partial charge in [0, 0.05) is 17.8 Å². The summed E-state index contributed by atoms with van der Waals surface area (Å²) in [6.07, 6.45) is 5.26. The molecule has 0 aliphatic carbocycles. The number of aromatic nitrogens is 3. The lowest BCUT2D eigenvalue weighted by Gasteiger charge is -2.04. The maximum Gasteiger partial charge on any atom is 0.274 e. The van der Waals surface area contributed by atoms with Crippen LogP contribution in [-0.2, 0) is 6.42 Å². The van der Waals surface area contributed by atoms with E-state index in [0.717, 1.165) is 17.8 Å². The Morgan fingerprint density at radius 3 is 2.90 bits per heavy atom. The first-order valence-corrected chi connectivity index (χ1v) is 7.89. The number of unbranched alkanes of at least 4 members (excludes halogenated alkanes) is 3. The van der Waals surface area contributed by atoms with E-state index in [1.165, 1.54) is 19.3 Å². The quantitative estimate of drug-likeness (QED) is 0.734. The van der Waals surface area contributed by atoms with Crippen LogP contribution in [0.3, 0.4) is 0 Å². The average molecular weight is 292 g/mol. The second kappa shape index (κ2) is 7.79. The summed E-state index contributed by atoms with van der Waals surface area (Å²) in [5.74, 6) is 0.460. The van der Waals surface area contributed by atoms with Gasteiger partial charge in [-0.05, 0) is 17.9 Å². The second-order valence-electron chi connectivity index (χ2n) is 4.69. The summed E-state index contributed by atoms with van der Waals surface area (Å²) in [5.41, 5.74) is 0.299. The molecule has 0 radical (unpaired) electrons. The number of anilines is 1. The highest BCUT2D eigenvalue weighted by atomic mass is 32.1. The van der Waals surface area contributed by atoms with Crippen LogP contribution in [0.15, 0.2) is 22.3 Å². The van der Waals surface area contributed by atoms with E-state index in [-0.39, 0.29) is 5.56 Å². The molecule has 0 aromatic carbocycles. The fourth-order valence-electron chi connectivity index (χ4n) is 1.89. The molecule has 0 saturated carbocycles. The first-order valence-electron chi connectivity index (χ1n) is 7.01. The molecule has 6 heteroatoms. The third-order valence-electron chi connectivity index (χ3n) is 3.01. The van der Waals surface area contributed by atoms with Gasteiger partial charge in [0.2, 0.25) is 5.95 Å². The predicted molar refractivity (Wildman–Crippen MR) is 82.4 cm³/mol. The molecule has 0 saturated heterocycles. The van der Waals surface area contributed by atoms with Gasteiger partial charge in [-0.3, -0.25) is 9.78 Å². The summed E-state index contributed by atoms with van der Waals surface area (Å²) in [5, 5.41) is 13.1. The largest absolute Gasteiger partial charge is 0.354 e. The summed E-state index contributed by atoms with van der Waals surface area (Å²) in [6, 6.07) is 3.96. The molecule has 0 aliphatic heterocycles. The Morgan fingerprint density at radius 1 is 1.30 bits per heavy atom. The molecule has 20 heavy (non-hydrogen) atoms. The molecule has 2 aromatic heterocycles. The highest BCUT2D eigenvalue weighted by Gasteiger charge is 2.06. The van der Waals surface area contributed by atoms with Gasteiger partial charge in [0.1, 0.15) is 5.69 Å². The van der Waals surface area contributed by atoms with Crippen molar-refractivity contribution < 1.29 is 0 Å². The summed E-state index contributed by atoms with van der Waals surface area (Å²) in [7, 11) is 0. The molecule has 0 unspecified atom stereocenters. The molecule has 2 rings (SSSR count). The molecule has 2 heterocycles. The molecule has 0 spiro atoms. The zero-order valence-corrected chi connectivity index (χ0v) is 12.5. The molecule has 0 amide bonds. The van der Waals surface area contributed by atoms with Crippen molar-refractivity contribution >= 4 is 17.3 Å². The molecule has 5 nitrogen and oxygen atoms in total. The Labute approximate surface area is 122 Å². The number of hydrogen-bond acceptors (Lipinski definition) is 5. The van der Waals surface area contributed by atoms with Gasteiger partial charge < -0.3 is 5.32 Å². The van der Waals surface area contributed by atoms with Crippen molar-refractivity contribution in [2.75, 3.05) is 11.9 Å². The highest BCUT2D eigenvalue weighted by Crippen LogP contribution is 2.11. The van der Waals surface area contributed by atoms with Gasteiger partial charge in [0.15, 0.2) is 0 Å². The molecule has 0 bridgehead atoms. The topological polar surface area (TPSA) is 70.7 Å². The summed E-state index contributed by atoms with van der Waals surface area (Å²) >= 11 is 1.62. The van der Waals surface area contributed by atoms with Gasteiger partial charge in [-0.15, -0.1) is 21.5 Å².